The third-order valence-corrected chi connectivity index (χ3v) is 5.22. The summed E-state index contributed by atoms with van der Waals surface area (Å²) in [5.74, 6) is -0.583. The third kappa shape index (κ3) is 4.14. The molecule has 2 aromatic rings. The van der Waals surface area contributed by atoms with Crippen LogP contribution in [0.3, 0.4) is 0 Å². The van der Waals surface area contributed by atoms with Gasteiger partial charge in [-0.25, -0.2) is 18.6 Å². The fraction of sp³-hybridized carbons (Fsp3) is 0.333. The van der Waals surface area contributed by atoms with Crippen molar-refractivity contribution in [2.45, 2.75) is 32.9 Å². The van der Waals surface area contributed by atoms with Crippen LogP contribution in [0.2, 0.25) is 0 Å². The van der Waals surface area contributed by atoms with E-state index in [1.807, 2.05) is 13.0 Å². The number of nitrogens with zero attached hydrogens (tertiary/aromatic N) is 4. The number of carbonyl (C=O) groups is 2. The van der Waals surface area contributed by atoms with Crippen LogP contribution in [0.15, 0.2) is 47.8 Å². The normalized spacial score (nSPS) is 18.5. The number of benzene rings is 1. The predicted octanol–water partition coefficient (Wildman–Crippen LogP) is 3.47. The molecule has 0 aliphatic carbocycles. The smallest absolute Gasteiger partial charge is 0.316 e. The first kappa shape index (κ1) is 19.9. The molecule has 0 saturated heterocycles. The zero-order valence-corrected chi connectivity index (χ0v) is 16.4. The van der Waals surface area contributed by atoms with Crippen LogP contribution in [0.25, 0.3) is 0 Å². The summed E-state index contributed by atoms with van der Waals surface area (Å²) in [6.45, 7) is 2.17. The molecule has 0 spiro atoms. The molecule has 2 aliphatic heterocycles. The molecule has 0 saturated carbocycles. The first-order valence-corrected chi connectivity index (χ1v) is 9.66. The molecule has 3 heterocycles. The Morgan fingerprint density at radius 2 is 1.93 bits per heavy atom. The largest absolute Gasteiger partial charge is 0.322 e. The van der Waals surface area contributed by atoms with E-state index >= 15 is 0 Å². The van der Waals surface area contributed by atoms with Gasteiger partial charge in [0.15, 0.2) is 0 Å². The van der Waals surface area contributed by atoms with Gasteiger partial charge in [-0.15, -0.1) is 0 Å². The SMILES string of the molecule is C[C@H]1CC(=O)N(CC(F)F)N=C1c1ccc(NC(=O)N2Cc3ccncc3C2)cc1. The van der Waals surface area contributed by atoms with E-state index in [1.165, 1.54) is 0 Å². The van der Waals surface area contributed by atoms with Crippen molar-refractivity contribution >= 4 is 23.3 Å². The first-order valence-electron chi connectivity index (χ1n) is 9.66. The Morgan fingerprint density at radius 1 is 1.20 bits per heavy atom. The number of anilines is 1. The highest BCUT2D eigenvalue weighted by Crippen LogP contribution is 2.24. The van der Waals surface area contributed by atoms with Gasteiger partial charge >= 0.3 is 6.03 Å². The minimum absolute atomic E-state index is 0.133. The summed E-state index contributed by atoms with van der Waals surface area (Å²) in [4.78, 5) is 30.3. The number of hydrazone groups is 1. The molecule has 0 radical (unpaired) electrons. The van der Waals surface area contributed by atoms with Crippen LogP contribution >= 0.6 is 0 Å². The molecule has 1 aromatic carbocycles. The number of halogens is 2. The number of hydrogen-bond acceptors (Lipinski definition) is 4. The van der Waals surface area contributed by atoms with Crippen LogP contribution in [0.5, 0.6) is 0 Å². The van der Waals surface area contributed by atoms with Gasteiger partial charge in [0.25, 0.3) is 6.43 Å². The summed E-state index contributed by atoms with van der Waals surface area (Å²) >= 11 is 0. The number of urea groups is 1. The highest BCUT2D eigenvalue weighted by molar-refractivity contribution is 6.06. The summed E-state index contributed by atoms with van der Waals surface area (Å²) < 4.78 is 25.4. The second-order valence-corrected chi connectivity index (χ2v) is 7.47. The molecular weight excluding hydrogens is 392 g/mol. The number of amides is 3. The Bertz CT molecular complexity index is 968. The average Bonchev–Trinajstić information content (AvgIpc) is 3.15. The molecule has 30 heavy (non-hydrogen) atoms. The van der Waals surface area contributed by atoms with Crippen molar-refractivity contribution in [3.63, 3.8) is 0 Å². The van der Waals surface area contributed by atoms with Gasteiger partial charge in [-0.1, -0.05) is 19.1 Å². The van der Waals surface area contributed by atoms with Gasteiger partial charge in [0, 0.05) is 43.5 Å². The molecule has 1 N–H and O–H groups in total. The number of hydrogen-bond donors (Lipinski definition) is 1. The molecule has 2 aliphatic rings. The van der Waals surface area contributed by atoms with Crippen LogP contribution in [-0.2, 0) is 17.9 Å². The summed E-state index contributed by atoms with van der Waals surface area (Å²) in [6.07, 6.45) is 0.974. The van der Waals surface area contributed by atoms with Crippen LogP contribution in [0, 0.1) is 5.92 Å². The molecule has 4 rings (SSSR count). The Kier molecular flexibility index (Phi) is 5.43. The lowest BCUT2D eigenvalue weighted by Gasteiger charge is -2.27. The van der Waals surface area contributed by atoms with Crippen LogP contribution in [0.1, 0.15) is 30.0 Å². The molecule has 9 heteroatoms. The van der Waals surface area contributed by atoms with Gasteiger partial charge in [-0.05, 0) is 34.9 Å². The summed E-state index contributed by atoms with van der Waals surface area (Å²) in [7, 11) is 0. The maximum absolute atomic E-state index is 12.7. The summed E-state index contributed by atoms with van der Waals surface area (Å²) in [5, 5.41) is 7.86. The molecular formula is C21H21F2N5O2. The standard InChI is InChI=1S/C21H21F2N5O2/c1-13-8-19(29)28(12-18(22)23)26-20(13)14-2-4-17(5-3-14)25-21(30)27-10-15-6-7-24-9-16(15)11-27/h2-7,9,13,18H,8,10-12H2,1H3,(H,25,30)/t13-/m0/s1. The minimum Gasteiger partial charge on any atom is -0.316 e. The number of alkyl halides is 2. The molecule has 1 aromatic heterocycles. The molecule has 156 valence electrons. The minimum atomic E-state index is -2.64. The highest BCUT2D eigenvalue weighted by atomic mass is 19.3. The van der Waals surface area contributed by atoms with Gasteiger partial charge < -0.3 is 10.2 Å². The van der Waals surface area contributed by atoms with E-state index in [2.05, 4.69) is 15.4 Å². The fourth-order valence-electron chi connectivity index (χ4n) is 3.65. The van der Waals surface area contributed by atoms with E-state index in [0.29, 0.717) is 24.5 Å². The lowest BCUT2D eigenvalue weighted by molar-refractivity contribution is -0.134. The zero-order chi connectivity index (χ0) is 21.3. The second-order valence-electron chi connectivity index (χ2n) is 7.47. The predicted molar refractivity (Wildman–Crippen MR) is 107 cm³/mol. The summed E-state index contributed by atoms with van der Waals surface area (Å²) in [5.41, 5.74) is 4.04. The van der Waals surface area contributed by atoms with Gasteiger partial charge in [0.05, 0.1) is 5.71 Å². The van der Waals surface area contributed by atoms with Crippen molar-refractivity contribution in [3.8, 4) is 0 Å². The van der Waals surface area contributed by atoms with Gasteiger partial charge in [-0.2, -0.15) is 5.10 Å². The second kappa shape index (κ2) is 8.17. The van der Waals surface area contributed by atoms with Crippen molar-refractivity contribution in [1.82, 2.24) is 14.9 Å². The molecule has 0 bridgehead atoms. The quantitative estimate of drug-likeness (QED) is 0.834. The number of rotatable bonds is 4. The topological polar surface area (TPSA) is 77.9 Å². The monoisotopic (exact) mass is 413 g/mol. The molecule has 3 amide bonds. The lowest BCUT2D eigenvalue weighted by atomic mass is 9.93. The van der Waals surface area contributed by atoms with E-state index < -0.39 is 18.9 Å². The molecule has 7 nitrogen and oxygen atoms in total. The Hall–Kier alpha value is -3.36. The maximum atomic E-state index is 12.7. The number of aromatic nitrogens is 1. The van der Waals surface area contributed by atoms with Crippen LogP contribution < -0.4 is 5.32 Å². The lowest BCUT2D eigenvalue weighted by Crippen LogP contribution is -2.38. The summed E-state index contributed by atoms with van der Waals surface area (Å²) in [6, 6.07) is 8.71. The Balaban J connectivity index is 1.44. The molecule has 0 unspecified atom stereocenters. The third-order valence-electron chi connectivity index (χ3n) is 5.22. The van der Waals surface area contributed by atoms with E-state index in [4.69, 9.17) is 0 Å². The van der Waals surface area contributed by atoms with Crippen molar-refractivity contribution in [1.29, 1.82) is 0 Å². The number of pyridine rings is 1. The maximum Gasteiger partial charge on any atom is 0.322 e. The van der Waals surface area contributed by atoms with Crippen LogP contribution in [0.4, 0.5) is 19.3 Å². The number of fused-ring (bicyclic) bond motifs is 1. The van der Waals surface area contributed by atoms with Crippen LogP contribution in [-0.4, -0.2) is 45.5 Å². The van der Waals surface area contributed by atoms with Gasteiger partial charge in [0.2, 0.25) is 5.91 Å². The van der Waals surface area contributed by atoms with Crippen molar-refractivity contribution in [3.05, 3.63) is 59.4 Å². The average molecular weight is 413 g/mol. The zero-order valence-electron chi connectivity index (χ0n) is 16.4. The fourth-order valence-corrected chi connectivity index (χ4v) is 3.65. The highest BCUT2D eigenvalue weighted by Gasteiger charge is 2.29. The molecule has 0 fully saturated rings. The van der Waals surface area contributed by atoms with Crippen molar-refractivity contribution in [2.24, 2.45) is 11.0 Å². The Morgan fingerprint density at radius 3 is 2.63 bits per heavy atom. The van der Waals surface area contributed by atoms with E-state index in [0.717, 1.165) is 21.7 Å². The first-order chi connectivity index (χ1) is 14.4. The van der Waals surface area contributed by atoms with E-state index in [1.54, 1.807) is 41.6 Å². The van der Waals surface area contributed by atoms with Gasteiger partial charge in [0.1, 0.15) is 6.54 Å². The van der Waals surface area contributed by atoms with E-state index in [-0.39, 0.29) is 18.4 Å². The number of nitrogens with one attached hydrogen (secondary N) is 1. The van der Waals surface area contributed by atoms with Crippen molar-refractivity contribution < 1.29 is 18.4 Å². The van der Waals surface area contributed by atoms with Crippen molar-refractivity contribution in [2.75, 3.05) is 11.9 Å². The van der Waals surface area contributed by atoms with Gasteiger partial charge in [-0.3, -0.25) is 9.78 Å². The molecule has 1 atom stereocenters. The number of carbonyl (C=O) groups excluding carboxylic acids is 2. The Labute approximate surface area is 172 Å². The van der Waals surface area contributed by atoms with E-state index in [9.17, 15) is 18.4 Å².